The van der Waals surface area contributed by atoms with Gasteiger partial charge in [-0.25, -0.2) is 4.39 Å². The van der Waals surface area contributed by atoms with Gasteiger partial charge in [-0.1, -0.05) is 51.8 Å². The predicted octanol–water partition coefficient (Wildman–Crippen LogP) is 3.98. The highest BCUT2D eigenvalue weighted by molar-refractivity contribution is 9.10. The van der Waals surface area contributed by atoms with Gasteiger partial charge >= 0.3 is 0 Å². The highest BCUT2D eigenvalue weighted by Crippen LogP contribution is 2.26. The molecule has 0 bridgehead atoms. The summed E-state index contributed by atoms with van der Waals surface area (Å²) in [6.07, 6.45) is -0.928. The lowest BCUT2D eigenvalue weighted by Crippen LogP contribution is -2.02. The summed E-state index contributed by atoms with van der Waals surface area (Å²) in [7, 11) is 0. The molecule has 0 saturated carbocycles. The standard InChI is InChI=1S/C14H12BrFO/c1-9-3-2-4-10(7-9)14(17)12-6-5-11(15)8-13(12)16/h2-8,14,17H,1H3. The minimum absolute atomic E-state index is 0.291. The first-order valence-electron chi connectivity index (χ1n) is 5.27. The van der Waals surface area contributed by atoms with Crippen molar-refractivity contribution in [3.05, 3.63) is 69.4 Å². The van der Waals surface area contributed by atoms with E-state index in [1.54, 1.807) is 18.2 Å². The fraction of sp³-hybridized carbons (Fsp3) is 0.143. The first kappa shape index (κ1) is 12.3. The highest BCUT2D eigenvalue weighted by atomic mass is 79.9. The van der Waals surface area contributed by atoms with Crippen molar-refractivity contribution in [1.29, 1.82) is 0 Å². The van der Waals surface area contributed by atoms with E-state index in [9.17, 15) is 9.50 Å². The average molecular weight is 295 g/mol. The molecule has 2 aromatic rings. The van der Waals surface area contributed by atoms with Crippen LogP contribution in [0.3, 0.4) is 0 Å². The van der Waals surface area contributed by atoms with Crippen molar-refractivity contribution in [2.75, 3.05) is 0 Å². The van der Waals surface area contributed by atoms with Gasteiger partial charge in [0.1, 0.15) is 11.9 Å². The molecule has 0 aliphatic heterocycles. The number of halogens is 2. The Bertz CT molecular complexity index is 539. The summed E-state index contributed by atoms with van der Waals surface area (Å²) in [6, 6.07) is 12.1. The first-order valence-corrected chi connectivity index (χ1v) is 6.07. The summed E-state index contributed by atoms with van der Waals surface area (Å²) in [4.78, 5) is 0. The lowest BCUT2D eigenvalue weighted by atomic mass is 10.00. The normalized spacial score (nSPS) is 12.5. The Balaban J connectivity index is 2.40. The monoisotopic (exact) mass is 294 g/mol. The minimum Gasteiger partial charge on any atom is -0.384 e. The van der Waals surface area contributed by atoms with Crippen molar-refractivity contribution >= 4 is 15.9 Å². The molecule has 2 rings (SSSR count). The van der Waals surface area contributed by atoms with Crippen LogP contribution in [0.15, 0.2) is 46.9 Å². The van der Waals surface area contributed by atoms with E-state index in [0.29, 0.717) is 15.6 Å². The number of aliphatic hydroxyl groups is 1. The Hall–Kier alpha value is -1.19. The van der Waals surface area contributed by atoms with Crippen molar-refractivity contribution in [3.63, 3.8) is 0 Å². The van der Waals surface area contributed by atoms with E-state index in [2.05, 4.69) is 15.9 Å². The van der Waals surface area contributed by atoms with Gasteiger partial charge in [-0.05, 0) is 24.6 Å². The van der Waals surface area contributed by atoms with E-state index in [1.165, 1.54) is 6.07 Å². The Labute approximate surface area is 108 Å². The van der Waals surface area contributed by atoms with E-state index in [0.717, 1.165) is 5.56 Å². The topological polar surface area (TPSA) is 20.2 Å². The van der Waals surface area contributed by atoms with Crippen molar-refractivity contribution in [2.24, 2.45) is 0 Å². The third kappa shape index (κ3) is 2.73. The van der Waals surface area contributed by atoms with Crippen LogP contribution in [-0.2, 0) is 0 Å². The molecule has 1 nitrogen and oxygen atoms in total. The van der Waals surface area contributed by atoms with Crippen molar-refractivity contribution < 1.29 is 9.50 Å². The molecule has 0 heterocycles. The van der Waals surface area contributed by atoms with Gasteiger partial charge in [0.05, 0.1) is 0 Å². The van der Waals surface area contributed by atoms with Gasteiger partial charge in [-0.2, -0.15) is 0 Å². The van der Waals surface area contributed by atoms with Gasteiger partial charge in [-0.3, -0.25) is 0 Å². The van der Waals surface area contributed by atoms with Crippen molar-refractivity contribution in [1.82, 2.24) is 0 Å². The van der Waals surface area contributed by atoms with E-state index >= 15 is 0 Å². The van der Waals surface area contributed by atoms with E-state index in [1.807, 2.05) is 25.1 Å². The molecule has 0 saturated heterocycles. The molecular formula is C14H12BrFO. The average Bonchev–Trinajstić information content (AvgIpc) is 2.28. The molecular weight excluding hydrogens is 283 g/mol. The molecule has 0 aliphatic rings. The third-order valence-corrected chi connectivity index (χ3v) is 3.11. The zero-order valence-corrected chi connectivity index (χ0v) is 10.9. The highest BCUT2D eigenvalue weighted by Gasteiger charge is 2.14. The molecule has 1 N–H and O–H groups in total. The molecule has 0 spiro atoms. The zero-order chi connectivity index (χ0) is 12.4. The molecule has 1 atom stereocenters. The molecule has 0 amide bonds. The van der Waals surface area contributed by atoms with Gasteiger partial charge in [-0.15, -0.1) is 0 Å². The fourth-order valence-corrected chi connectivity index (χ4v) is 2.08. The summed E-state index contributed by atoms with van der Waals surface area (Å²) < 4.78 is 14.4. The summed E-state index contributed by atoms with van der Waals surface area (Å²) in [5.74, 6) is -0.409. The van der Waals surface area contributed by atoms with Crippen LogP contribution in [0.25, 0.3) is 0 Å². The smallest absolute Gasteiger partial charge is 0.130 e. The summed E-state index contributed by atoms with van der Waals surface area (Å²) in [5, 5.41) is 10.1. The lowest BCUT2D eigenvalue weighted by molar-refractivity contribution is 0.215. The van der Waals surface area contributed by atoms with Gasteiger partial charge in [0.2, 0.25) is 0 Å². The van der Waals surface area contributed by atoms with Crippen molar-refractivity contribution in [3.8, 4) is 0 Å². The molecule has 0 fully saturated rings. The second-order valence-electron chi connectivity index (χ2n) is 3.98. The third-order valence-electron chi connectivity index (χ3n) is 2.61. The number of benzene rings is 2. The SMILES string of the molecule is Cc1cccc(C(O)c2ccc(Br)cc2F)c1. The van der Waals surface area contributed by atoms with E-state index in [4.69, 9.17) is 0 Å². The molecule has 1 unspecified atom stereocenters. The Kier molecular flexibility index (Phi) is 3.60. The molecule has 0 radical (unpaired) electrons. The maximum absolute atomic E-state index is 13.7. The molecule has 0 aromatic heterocycles. The summed E-state index contributed by atoms with van der Waals surface area (Å²) in [5.41, 5.74) is 2.03. The molecule has 2 aromatic carbocycles. The van der Waals surface area contributed by atoms with Crippen LogP contribution in [0, 0.1) is 12.7 Å². The van der Waals surface area contributed by atoms with Crippen LogP contribution in [0.5, 0.6) is 0 Å². The molecule has 17 heavy (non-hydrogen) atoms. The van der Waals surface area contributed by atoms with Crippen LogP contribution in [0.1, 0.15) is 22.8 Å². The van der Waals surface area contributed by atoms with Crippen LogP contribution in [-0.4, -0.2) is 5.11 Å². The number of aryl methyl sites for hydroxylation is 1. The number of hydrogen-bond acceptors (Lipinski definition) is 1. The zero-order valence-electron chi connectivity index (χ0n) is 9.32. The molecule has 0 aliphatic carbocycles. The van der Waals surface area contributed by atoms with Gasteiger partial charge in [0, 0.05) is 10.0 Å². The number of rotatable bonds is 2. The van der Waals surface area contributed by atoms with Crippen LogP contribution >= 0.6 is 15.9 Å². The first-order chi connectivity index (χ1) is 8.08. The van der Waals surface area contributed by atoms with Crippen molar-refractivity contribution in [2.45, 2.75) is 13.0 Å². The number of hydrogen-bond donors (Lipinski definition) is 1. The van der Waals surface area contributed by atoms with Gasteiger partial charge < -0.3 is 5.11 Å². The maximum atomic E-state index is 13.7. The molecule has 3 heteroatoms. The lowest BCUT2D eigenvalue weighted by Gasteiger charge is -2.13. The Morgan fingerprint density at radius 1 is 1.18 bits per heavy atom. The summed E-state index contributed by atoms with van der Waals surface area (Å²) in [6.45, 7) is 1.94. The summed E-state index contributed by atoms with van der Waals surface area (Å²) >= 11 is 3.19. The Morgan fingerprint density at radius 3 is 2.59 bits per heavy atom. The second-order valence-corrected chi connectivity index (χ2v) is 4.90. The van der Waals surface area contributed by atoms with E-state index in [-0.39, 0.29) is 0 Å². The van der Waals surface area contributed by atoms with Gasteiger partial charge in [0.15, 0.2) is 0 Å². The molecule has 88 valence electrons. The second kappa shape index (κ2) is 4.98. The van der Waals surface area contributed by atoms with Crippen LogP contribution < -0.4 is 0 Å². The fourth-order valence-electron chi connectivity index (χ4n) is 1.74. The maximum Gasteiger partial charge on any atom is 0.130 e. The van der Waals surface area contributed by atoms with Gasteiger partial charge in [0.25, 0.3) is 0 Å². The predicted molar refractivity (Wildman–Crippen MR) is 69.3 cm³/mol. The quantitative estimate of drug-likeness (QED) is 0.888. The van der Waals surface area contributed by atoms with E-state index < -0.39 is 11.9 Å². The van der Waals surface area contributed by atoms with Crippen LogP contribution in [0.4, 0.5) is 4.39 Å². The number of aliphatic hydroxyl groups excluding tert-OH is 1. The minimum atomic E-state index is -0.928. The largest absolute Gasteiger partial charge is 0.384 e. The Morgan fingerprint density at radius 2 is 1.94 bits per heavy atom. The van der Waals surface area contributed by atoms with Crippen LogP contribution in [0.2, 0.25) is 0 Å².